The minimum Gasteiger partial charge on any atom is -0.507 e. The fourth-order valence-corrected chi connectivity index (χ4v) is 4.42. The second kappa shape index (κ2) is 7.94. The first-order valence-corrected chi connectivity index (χ1v) is 10.7. The maximum absolute atomic E-state index is 11.2. The number of aldehydes is 1. The van der Waals surface area contributed by atoms with E-state index < -0.39 is 0 Å². The summed E-state index contributed by atoms with van der Waals surface area (Å²) in [6.07, 6.45) is 4.27. The van der Waals surface area contributed by atoms with Crippen LogP contribution >= 0.6 is 0 Å². The number of allylic oxidation sites excluding steroid dienone is 1. The number of aromatic hydroxyl groups is 1. The predicted octanol–water partition coefficient (Wildman–Crippen LogP) is 6.27. The molecule has 3 rings (SSSR count). The van der Waals surface area contributed by atoms with E-state index in [4.69, 9.17) is 4.74 Å². The SMILES string of the molecule is C[C@H]1Oc2ccccc2[C@@H](c2cc(C(C)(C)C)c(O)c(C(C)(C)C)c2)[C@@H]1/C=C/C=O. The monoisotopic (exact) mass is 406 g/mol. The van der Waals surface area contributed by atoms with E-state index in [0.717, 1.165) is 34.3 Å². The topological polar surface area (TPSA) is 46.5 Å². The zero-order chi connectivity index (χ0) is 22.3. The highest BCUT2D eigenvalue weighted by Gasteiger charge is 2.37. The van der Waals surface area contributed by atoms with Crippen molar-refractivity contribution in [2.45, 2.75) is 71.3 Å². The van der Waals surface area contributed by atoms with Gasteiger partial charge in [0.15, 0.2) is 0 Å². The van der Waals surface area contributed by atoms with E-state index in [1.165, 1.54) is 0 Å². The summed E-state index contributed by atoms with van der Waals surface area (Å²) in [6, 6.07) is 12.4. The molecule has 0 aromatic heterocycles. The second-order valence-corrected chi connectivity index (χ2v) is 10.4. The van der Waals surface area contributed by atoms with Gasteiger partial charge in [-0.3, -0.25) is 4.79 Å². The third-order valence-corrected chi connectivity index (χ3v) is 6.01. The summed E-state index contributed by atoms with van der Waals surface area (Å²) in [5, 5.41) is 11.2. The Morgan fingerprint density at radius 1 is 0.967 bits per heavy atom. The molecular weight excluding hydrogens is 372 g/mol. The molecule has 0 fully saturated rings. The largest absolute Gasteiger partial charge is 0.507 e. The van der Waals surface area contributed by atoms with Crippen LogP contribution in [0.25, 0.3) is 0 Å². The van der Waals surface area contributed by atoms with Crippen LogP contribution in [0.1, 0.15) is 76.6 Å². The molecule has 0 saturated heterocycles. The average molecular weight is 407 g/mol. The molecule has 0 radical (unpaired) electrons. The molecule has 3 atom stereocenters. The van der Waals surface area contributed by atoms with Crippen molar-refractivity contribution >= 4 is 6.29 Å². The van der Waals surface area contributed by atoms with Gasteiger partial charge in [0.2, 0.25) is 0 Å². The van der Waals surface area contributed by atoms with Crippen LogP contribution in [0.2, 0.25) is 0 Å². The third-order valence-electron chi connectivity index (χ3n) is 6.01. The predicted molar refractivity (Wildman–Crippen MR) is 123 cm³/mol. The van der Waals surface area contributed by atoms with Gasteiger partial charge in [0.05, 0.1) is 0 Å². The van der Waals surface area contributed by atoms with Gasteiger partial charge in [-0.05, 0) is 46.6 Å². The first-order valence-electron chi connectivity index (χ1n) is 10.7. The zero-order valence-corrected chi connectivity index (χ0v) is 19.2. The van der Waals surface area contributed by atoms with Crippen molar-refractivity contribution in [3.05, 3.63) is 70.8 Å². The van der Waals surface area contributed by atoms with Crippen molar-refractivity contribution in [2.75, 3.05) is 0 Å². The summed E-state index contributed by atoms with van der Waals surface area (Å²) >= 11 is 0. The van der Waals surface area contributed by atoms with Crippen LogP contribution in [0.3, 0.4) is 0 Å². The quantitative estimate of drug-likeness (QED) is 0.482. The molecule has 3 heteroatoms. The lowest BCUT2D eigenvalue weighted by Crippen LogP contribution is -2.33. The Balaban J connectivity index is 2.32. The van der Waals surface area contributed by atoms with Gasteiger partial charge in [0, 0.05) is 17.4 Å². The molecule has 0 bridgehead atoms. The van der Waals surface area contributed by atoms with Gasteiger partial charge < -0.3 is 9.84 Å². The number of hydrogen-bond donors (Lipinski definition) is 1. The molecule has 0 amide bonds. The van der Waals surface area contributed by atoms with Gasteiger partial charge in [-0.1, -0.05) is 78.0 Å². The van der Waals surface area contributed by atoms with Crippen LogP contribution in [0.5, 0.6) is 11.5 Å². The van der Waals surface area contributed by atoms with Gasteiger partial charge in [-0.15, -0.1) is 0 Å². The number of fused-ring (bicyclic) bond motifs is 1. The van der Waals surface area contributed by atoms with E-state index in [1.54, 1.807) is 6.08 Å². The van der Waals surface area contributed by atoms with E-state index in [1.807, 2.05) is 24.3 Å². The number of para-hydroxylation sites is 1. The van der Waals surface area contributed by atoms with Crippen LogP contribution in [0, 0.1) is 5.92 Å². The molecule has 0 unspecified atom stereocenters. The summed E-state index contributed by atoms with van der Waals surface area (Å²) in [5.74, 6) is 1.31. The molecule has 1 heterocycles. The molecular formula is C27H34O3. The fraction of sp³-hybridized carbons (Fsp3) is 0.444. The van der Waals surface area contributed by atoms with Gasteiger partial charge >= 0.3 is 0 Å². The van der Waals surface area contributed by atoms with Crippen molar-refractivity contribution in [2.24, 2.45) is 5.92 Å². The number of hydrogen-bond acceptors (Lipinski definition) is 3. The van der Waals surface area contributed by atoms with Gasteiger partial charge in [-0.2, -0.15) is 0 Å². The molecule has 1 N–H and O–H groups in total. The summed E-state index contributed by atoms with van der Waals surface area (Å²) in [6.45, 7) is 14.8. The summed E-state index contributed by atoms with van der Waals surface area (Å²) in [5.41, 5.74) is 3.74. The van der Waals surface area contributed by atoms with Crippen LogP contribution < -0.4 is 4.74 Å². The Bertz CT molecular complexity index is 922. The molecule has 3 nitrogen and oxygen atoms in total. The van der Waals surface area contributed by atoms with E-state index in [-0.39, 0.29) is 28.8 Å². The van der Waals surface area contributed by atoms with Crippen LogP contribution in [0.4, 0.5) is 0 Å². The van der Waals surface area contributed by atoms with Crippen LogP contribution in [-0.4, -0.2) is 17.5 Å². The van der Waals surface area contributed by atoms with E-state index in [9.17, 15) is 9.90 Å². The van der Waals surface area contributed by atoms with Crippen molar-refractivity contribution in [1.29, 1.82) is 0 Å². The van der Waals surface area contributed by atoms with Gasteiger partial charge in [0.25, 0.3) is 0 Å². The molecule has 0 saturated carbocycles. The van der Waals surface area contributed by atoms with Crippen LogP contribution in [-0.2, 0) is 15.6 Å². The third kappa shape index (κ3) is 4.16. The van der Waals surface area contributed by atoms with E-state index in [0.29, 0.717) is 5.75 Å². The number of phenolic OH excluding ortho intramolecular Hbond substituents is 1. The lowest BCUT2D eigenvalue weighted by Gasteiger charge is -2.38. The molecule has 2 aromatic rings. The number of phenols is 1. The molecule has 2 aromatic carbocycles. The Morgan fingerprint density at radius 2 is 1.53 bits per heavy atom. The van der Waals surface area contributed by atoms with Crippen molar-refractivity contribution < 1.29 is 14.6 Å². The van der Waals surface area contributed by atoms with Crippen molar-refractivity contribution in [1.82, 2.24) is 0 Å². The smallest absolute Gasteiger partial charge is 0.142 e. The van der Waals surface area contributed by atoms with Gasteiger partial charge in [-0.25, -0.2) is 0 Å². The Hall–Kier alpha value is -2.55. The maximum atomic E-state index is 11.2. The van der Waals surface area contributed by atoms with E-state index in [2.05, 4.69) is 66.7 Å². The highest BCUT2D eigenvalue weighted by atomic mass is 16.5. The molecule has 1 aliphatic heterocycles. The molecule has 1 aliphatic rings. The second-order valence-electron chi connectivity index (χ2n) is 10.4. The van der Waals surface area contributed by atoms with Crippen LogP contribution in [0.15, 0.2) is 48.6 Å². The summed E-state index contributed by atoms with van der Waals surface area (Å²) < 4.78 is 6.20. The molecule has 0 spiro atoms. The highest BCUT2D eigenvalue weighted by Crippen LogP contribution is 2.48. The minimum atomic E-state index is -0.204. The Morgan fingerprint density at radius 3 is 2.07 bits per heavy atom. The number of carbonyl (C=O) groups is 1. The van der Waals surface area contributed by atoms with Gasteiger partial charge in [0.1, 0.15) is 23.9 Å². The normalized spacial score (nSPS) is 21.9. The number of ether oxygens (including phenoxy) is 1. The number of benzene rings is 2. The fourth-order valence-electron chi connectivity index (χ4n) is 4.42. The Labute approximate surface area is 180 Å². The molecule has 0 aliphatic carbocycles. The zero-order valence-electron chi connectivity index (χ0n) is 19.2. The molecule has 30 heavy (non-hydrogen) atoms. The lowest BCUT2D eigenvalue weighted by molar-refractivity contribution is -0.104. The summed E-state index contributed by atoms with van der Waals surface area (Å²) in [7, 11) is 0. The molecule has 160 valence electrons. The van der Waals surface area contributed by atoms with Crippen molar-refractivity contribution in [3.63, 3.8) is 0 Å². The lowest BCUT2D eigenvalue weighted by atomic mass is 9.71. The maximum Gasteiger partial charge on any atom is 0.142 e. The first kappa shape index (κ1) is 22.1. The van der Waals surface area contributed by atoms with E-state index >= 15 is 0 Å². The Kier molecular flexibility index (Phi) is 5.86. The van der Waals surface area contributed by atoms with Crippen molar-refractivity contribution in [3.8, 4) is 11.5 Å². The number of rotatable bonds is 3. The summed E-state index contributed by atoms with van der Waals surface area (Å²) in [4.78, 5) is 11.1. The highest BCUT2D eigenvalue weighted by molar-refractivity contribution is 5.65. The number of carbonyl (C=O) groups excluding carboxylic acids is 1. The first-order chi connectivity index (χ1) is 13.9. The standard InChI is InChI=1S/C27H34O3/c1-17-19(12-10-14-28)24(20-11-8-9-13-23(20)30-17)18-15-21(26(2,3)4)25(29)22(16-18)27(5,6)7/h8-17,19,24,29H,1-7H3/b12-10+/t17-,19-,24+/m1/s1. The minimum absolute atomic E-state index is 0.00952. The average Bonchev–Trinajstić information content (AvgIpc) is 2.64.